The van der Waals surface area contributed by atoms with Crippen molar-refractivity contribution in [2.24, 2.45) is 5.92 Å². The highest BCUT2D eigenvalue weighted by atomic mass is 16.2. The molecule has 1 aliphatic carbocycles. The third kappa shape index (κ3) is 2.24. The first-order valence-electron chi connectivity index (χ1n) is 7.03. The zero-order valence-corrected chi connectivity index (χ0v) is 11.1. The van der Waals surface area contributed by atoms with Crippen LogP contribution in [0.15, 0.2) is 48.2 Å². The Morgan fingerprint density at radius 3 is 2.74 bits per heavy atom. The standard InChI is InChI=1S/C17H19NO/c1-2-14-8-9-15-10-11-16(14)18(17(15)19)12-13-6-4-3-5-7-13/h3-7,15-16H,1,8-12H2. The monoisotopic (exact) mass is 253 g/mol. The largest absolute Gasteiger partial charge is 0.331 e. The van der Waals surface area contributed by atoms with Crippen molar-refractivity contribution in [3.63, 3.8) is 0 Å². The van der Waals surface area contributed by atoms with Crippen LogP contribution in [0.4, 0.5) is 0 Å². The molecule has 4 rings (SSSR count). The number of carbonyl (C=O) groups is 1. The Hall–Kier alpha value is -1.79. The van der Waals surface area contributed by atoms with E-state index in [0.717, 1.165) is 25.7 Å². The summed E-state index contributed by atoms with van der Waals surface area (Å²) >= 11 is 0. The van der Waals surface area contributed by atoms with Crippen molar-refractivity contribution in [3.8, 4) is 0 Å². The highest BCUT2D eigenvalue weighted by Crippen LogP contribution is 2.37. The van der Waals surface area contributed by atoms with Crippen LogP contribution >= 0.6 is 0 Å². The van der Waals surface area contributed by atoms with E-state index < -0.39 is 0 Å². The van der Waals surface area contributed by atoms with Crippen LogP contribution in [0.1, 0.15) is 31.2 Å². The molecule has 2 atom stereocenters. The number of carbonyl (C=O) groups excluding carboxylic acids is 1. The smallest absolute Gasteiger partial charge is 0.226 e. The molecule has 0 spiro atoms. The van der Waals surface area contributed by atoms with E-state index in [2.05, 4.69) is 24.4 Å². The van der Waals surface area contributed by atoms with Gasteiger partial charge in [0.25, 0.3) is 0 Å². The van der Waals surface area contributed by atoms with Gasteiger partial charge in [-0.15, -0.1) is 5.73 Å². The third-order valence-electron chi connectivity index (χ3n) is 4.38. The Bertz CT molecular complexity index is 527. The van der Waals surface area contributed by atoms with Crippen molar-refractivity contribution in [3.05, 3.63) is 53.8 Å². The summed E-state index contributed by atoms with van der Waals surface area (Å²) in [6.45, 7) is 4.52. The van der Waals surface area contributed by atoms with E-state index in [1.807, 2.05) is 23.1 Å². The summed E-state index contributed by atoms with van der Waals surface area (Å²) in [7, 11) is 0. The van der Waals surface area contributed by atoms with Crippen molar-refractivity contribution >= 4 is 5.91 Å². The van der Waals surface area contributed by atoms with Gasteiger partial charge in [0.05, 0.1) is 6.04 Å². The molecule has 3 fully saturated rings. The summed E-state index contributed by atoms with van der Waals surface area (Å²) in [5.74, 6) is 0.538. The molecule has 98 valence electrons. The first kappa shape index (κ1) is 12.3. The second-order valence-electron chi connectivity index (χ2n) is 5.48. The molecule has 1 aromatic rings. The Balaban J connectivity index is 1.90. The molecule has 2 bridgehead atoms. The normalized spacial score (nSPS) is 26.2. The van der Waals surface area contributed by atoms with Crippen molar-refractivity contribution in [2.75, 3.05) is 0 Å². The maximum atomic E-state index is 12.5. The van der Waals surface area contributed by atoms with Crippen molar-refractivity contribution in [2.45, 2.75) is 38.3 Å². The van der Waals surface area contributed by atoms with Crippen LogP contribution < -0.4 is 0 Å². The Morgan fingerprint density at radius 1 is 1.21 bits per heavy atom. The van der Waals surface area contributed by atoms with Crippen LogP contribution in [0, 0.1) is 5.92 Å². The molecule has 1 saturated carbocycles. The maximum absolute atomic E-state index is 12.5. The number of rotatable bonds is 2. The molecule has 3 aliphatic rings. The van der Waals surface area contributed by atoms with Crippen LogP contribution in [-0.4, -0.2) is 16.8 Å². The van der Waals surface area contributed by atoms with E-state index in [1.165, 1.54) is 11.1 Å². The molecule has 0 N–H and O–H groups in total. The SMILES string of the molecule is C=C=C1CCC2CCC1N(Cc1ccccc1)C2=O. The first-order chi connectivity index (χ1) is 9.29. The van der Waals surface area contributed by atoms with Crippen molar-refractivity contribution in [1.82, 2.24) is 4.90 Å². The van der Waals surface area contributed by atoms with Crippen LogP contribution in [-0.2, 0) is 11.3 Å². The molecule has 2 heterocycles. The van der Waals surface area contributed by atoms with Crippen LogP contribution in [0.25, 0.3) is 0 Å². The van der Waals surface area contributed by atoms with Gasteiger partial charge in [-0.2, -0.15) is 0 Å². The quantitative estimate of drug-likeness (QED) is 0.741. The number of piperidine rings is 1. The molecule has 2 saturated heterocycles. The number of amides is 1. The van der Waals surface area contributed by atoms with Crippen LogP contribution in [0.3, 0.4) is 0 Å². The lowest BCUT2D eigenvalue weighted by atomic mass is 9.92. The molecule has 2 nitrogen and oxygen atoms in total. The highest BCUT2D eigenvalue weighted by molar-refractivity contribution is 5.81. The van der Waals surface area contributed by atoms with Gasteiger partial charge in [-0.3, -0.25) is 4.79 Å². The molecule has 2 unspecified atom stereocenters. The highest BCUT2D eigenvalue weighted by Gasteiger charge is 2.39. The molecule has 1 amide bonds. The number of benzene rings is 1. The number of hydrogen-bond acceptors (Lipinski definition) is 1. The second kappa shape index (κ2) is 5.07. The van der Waals surface area contributed by atoms with E-state index in [0.29, 0.717) is 12.5 Å². The van der Waals surface area contributed by atoms with Crippen LogP contribution in [0.5, 0.6) is 0 Å². The van der Waals surface area contributed by atoms with Gasteiger partial charge in [-0.1, -0.05) is 36.9 Å². The summed E-state index contributed by atoms with van der Waals surface area (Å²) in [6.07, 6.45) is 4.05. The number of hydrogen-bond donors (Lipinski definition) is 0. The molecule has 2 aliphatic heterocycles. The minimum Gasteiger partial charge on any atom is -0.331 e. The van der Waals surface area contributed by atoms with Gasteiger partial charge in [0, 0.05) is 12.5 Å². The van der Waals surface area contributed by atoms with Gasteiger partial charge < -0.3 is 4.90 Å². The average molecular weight is 253 g/mol. The van der Waals surface area contributed by atoms with E-state index in [-0.39, 0.29) is 12.0 Å². The van der Waals surface area contributed by atoms with Crippen molar-refractivity contribution < 1.29 is 4.79 Å². The minimum absolute atomic E-state index is 0.214. The molecule has 19 heavy (non-hydrogen) atoms. The Morgan fingerprint density at radius 2 is 2.00 bits per heavy atom. The molecule has 0 aromatic heterocycles. The predicted molar refractivity (Wildman–Crippen MR) is 75.4 cm³/mol. The van der Waals surface area contributed by atoms with E-state index in [4.69, 9.17) is 0 Å². The second-order valence-corrected chi connectivity index (χ2v) is 5.48. The molecule has 1 aromatic carbocycles. The molecular formula is C17H19NO. The lowest BCUT2D eigenvalue weighted by Gasteiger charge is -2.36. The summed E-state index contributed by atoms with van der Waals surface area (Å²) in [5, 5.41) is 0. The summed E-state index contributed by atoms with van der Waals surface area (Å²) in [5.41, 5.74) is 5.51. The lowest BCUT2D eigenvalue weighted by molar-refractivity contribution is -0.140. The molecule has 0 radical (unpaired) electrons. The predicted octanol–water partition coefficient (Wildman–Crippen LogP) is 3.30. The topological polar surface area (TPSA) is 20.3 Å². The fourth-order valence-corrected chi connectivity index (χ4v) is 3.33. The maximum Gasteiger partial charge on any atom is 0.226 e. The minimum atomic E-state index is 0.214. The summed E-state index contributed by atoms with van der Waals surface area (Å²) in [4.78, 5) is 14.6. The average Bonchev–Trinajstić information content (AvgIpc) is 2.72. The Labute approximate surface area is 114 Å². The van der Waals surface area contributed by atoms with Crippen molar-refractivity contribution in [1.29, 1.82) is 0 Å². The fourth-order valence-electron chi connectivity index (χ4n) is 3.33. The number of fused-ring (bicyclic) bond motifs is 4. The fraction of sp³-hybridized carbons (Fsp3) is 0.412. The lowest BCUT2D eigenvalue weighted by Crippen LogP contribution is -2.45. The number of nitrogens with zero attached hydrogens (tertiary/aromatic N) is 1. The van der Waals surface area contributed by atoms with Gasteiger partial charge in [0.15, 0.2) is 0 Å². The van der Waals surface area contributed by atoms with E-state index >= 15 is 0 Å². The van der Waals surface area contributed by atoms with Gasteiger partial charge in [0.1, 0.15) is 0 Å². The molecule has 2 heteroatoms. The van der Waals surface area contributed by atoms with Gasteiger partial charge in [-0.25, -0.2) is 0 Å². The zero-order valence-electron chi connectivity index (χ0n) is 11.1. The summed E-state index contributed by atoms with van der Waals surface area (Å²) < 4.78 is 0. The summed E-state index contributed by atoms with van der Waals surface area (Å²) in [6, 6.07) is 10.5. The van der Waals surface area contributed by atoms with Gasteiger partial charge >= 0.3 is 0 Å². The van der Waals surface area contributed by atoms with Gasteiger partial charge in [0.2, 0.25) is 5.91 Å². The first-order valence-corrected chi connectivity index (χ1v) is 7.03. The Kier molecular flexibility index (Phi) is 3.27. The van der Waals surface area contributed by atoms with Crippen LogP contribution in [0.2, 0.25) is 0 Å². The zero-order chi connectivity index (χ0) is 13.2. The third-order valence-corrected chi connectivity index (χ3v) is 4.38. The molecular weight excluding hydrogens is 234 g/mol. The van der Waals surface area contributed by atoms with E-state index in [1.54, 1.807) is 0 Å². The van der Waals surface area contributed by atoms with Gasteiger partial charge in [-0.05, 0) is 36.8 Å². The van der Waals surface area contributed by atoms with E-state index in [9.17, 15) is 4.79 Å².